The molecule has 11 heteroatoms. The topological polar surface area (TPSA) is 157 Å². The molecule has 0 bridgehead atoms. The molecule has 0 aliphatic rings. The first-order valence-electron chi connectivity index (χ1n) is 10.9. The third-order valence-electron chi connectivity index (χ3n) is 4.43. The number of alkyl carbamates (subject to hydrolysis) is 1. The zero-order valence-corrected chi connectivity index (χ0v) is 20.3. The highest BCUT2D eigenvalue weighted by molar-refractivity contribution is 5.94. The number of hydrogen-bond donors (Lipinski definition) is 3. The Morgan fingerprint density at radius 3 is 2.24 bits per heavy atom. The van der Waals surface area contributed by atoms with Gasteiger partial charge in [-0.05, 0) is 33.3 Å². The Hall–Kier alpha value is -3.63. The Balaban J connectivity index is 3.10. The van der Waals surface area contributed by atoms with Crippen molar-refractivity contribution >= 4 is 29.8 Å². The van der Waals surface area contributed by atoms with E-state index in [0.29, 0.717) is 5.56 Å². The highest BCUT2D eigenvalue weighted by Crippen LogP contribution is 2.21. The normalized spacial score (nSPS) is 12.6. The highest BCUT2D eigenvalue weighted by Gasteiger charge is 2.34. The summed E-state index contributed by atoms with van der Waals surface area (Å²) < 4.78 is 10.0. The van der Waals surface area contributed by atoms with Gasteiger partial charge in [-0.15, -0.1) is 0 Å². The van der Waals surface area contributed by atoms with Gasteiger partial charge in [-0.1, -0.05) is 30.3 Å². The number of nitrogens with zero attached hydrogens (tertiary/aromatic N) is 1. The Labute approximate surface area is 199 Å². The zero-order chi connectivity index (χ0) is 25.9. The minimum Gasteiger partial charge on any atom is -0.466 e. The van der Waals surface area contributed by atoms with Crippen LogP contribution in [0.4, 0.5) is 4.79 Å². The van der Waals surface area contributed by atoms with Gasteiger partial charge in [-0.3, -0.25) is 19.2 Å². The number of ether oxygens (including phenoxy) is 2. The van der Waals surface area contributed by atoms with E-state index in [1.54, 1.807) is 58.0 Å². The number of carbonyl (C=O) groups excluding carboxylic acids is 5. The first-order chi connectivity index (χ1) is 15.9. The fraction of sp³-hybridized carbons (Fsp3) is 0.522. The molecule has 0 radical (unpaired) electrons. The van der Waals surface area contributed by atoms with E-state index in [2.05, 4.69) is 10.6 Å². The number of primary amides is 1. The average Bonchev–Trinajstić information content (AvgIpc) is 2.72. The van der Waals surface area contributed by atoms with Gasteiger partial charge in [0, 0.05) is 13.6 Å². The average molecular weight is 479 g/mol. The SMILES string of the molecule is CCOC(=O)CCNC(=O)C(c1ccccc1)N(C)C(=O)C(CC(N)=O)NC(=O)OC(C)(C)C. The number of carbonyl (C=O) groups is 5. The van der Waals surface area contributed by atoms with Gasteiger partial charge in [0.15, 0.2) is 0 Å². The Morgan fingerprint density at radius 1 is 1.09 bits per heavy atom. The van der Waals surface area contributed by atoms with Crippen LogP contribution in [0, 0.1) is 0 Å². The molecule has 0 saturated heterocycles. The molecule has 1 aromatic carbocycles. The molecular formula is C23H34N4O7. The van der Waals surface area contributed by atoms with Crippen molar-refractivity contribution in [2.24, 2.45) is 5.73 Å². The Kier molecular flexibility index (Phi) is 11.0. The van der Waals surface area contributed by atoms with Crippen molar-refractivity contribution < 1.29 is 33.4 Å². The summed E-state index contributed by atoms with van der Waals surface area (Å²) in [5.74, 6) is -2.56. The predicted octanol–water partition coefficient (Wildman–Crippen LogP) is 1.02. The molecule has 1 rings (SSSR count). The van der Waals surface area contributed by atoms with E-state index in [1.165, 1.54) is 7.05 Å². The van der Waals surface area contributed by atoms with E-state index in [0.717, 1.165) is 4.90 Å². The standard InChI is InChI=1S/C23H34N4O7/c1-6-33-18(29)12-13-25-20(30)19(15-10-8-7-9-11-15)27(5)21(31)16(14-17(24)28)26-22(32)34-23(2,3)4/h7-11,16,19H,6,12-14H2,1-5H3,(H2,24,28)(H,25,30)(H,26,32). The molecular weight excluding hydrogens is 444 g/mol. The van der Waals surface area contributed by atoms with Crippen LogP contribution in [0.2, 0.25) is 0 Å². The lowest BCUT2D eigenvalue weighted by Crippen LogP contribution is -2.52. The van der Waals surface area contributed by atoms with Crippen molar-refractivity contribution in [3.8, 4) is 0 Å². The smallest absolute Gasteiger partial charge is 0.408 e. The highest BCUT2D eigenvalue weighted by atomic mass is 16.6. The summed E-state index contributed by atoms with van der Waals surface area (Å²) >= 11 is 0. The van der Waals surface area contributed by atoms with Crippen molar-refractivity contribution in [3.63, 3.8) is 0 Å². The van der Waals surface area contributed by atoms with Crippen LogP contribution in [0.3, 0.4) is 0 Å². The largest absolute Gasteiger partial charge is 0.466 e. The van der Waals surface area contributed by atoms with Gasteiger partial charge >= 0.3 is 12.1 Å². The number of rotatable bonds is 11. The van der Waals surface area contributed by atoms with E-state index < -0.39 is 53.9 Å². The van der Waals surface area contributed by atoms with Crippen LogP contribution in [-0.2, 0) is 28.7 Å². The molecule has 34 heavy (non-hydrogen) atoms. The number of benzene rings is 1. The van der Waals surface area contributed by atoms with Crippen molar-refractivity contribution in [2.75, 3.05) is 20.2 Å². The third-order valence-corrected chi connectivity index (χ3v) is 4.43. The summed E-state index contributed by atoms with van der Waals surface area (Å²) in [6, 6.07) is 6.01. The molecule has 0 fully saturated rings. The van der Waals surface area contributed by atoms with Crippen LogP contribution < -0.4 is 16.4 Å². The molecule has 2 atom stereocenters. The van der Waals surface area contributed by atoms with Crippen molar-refractivity contribution in [2.45, 2.75) is 58.2 Å². The lowest BCUT2D eigenvalue weighted by molar-refractivity contribution is -0.143. The van der Waals surface area contributed by atoms with E-state index in [9.17, 15) is 24.0 Å². The number of nitrogens with two attached hydrogens (primary N) is 1. The van der Waals surface area contributed by atoms with Crippen molar-refractivity contribution in [1.29, 1.82) is 0 Å². The molecule has 2 unspecified atom stereocenters. The lowest BCUT2D eigenvalue weighted by atomic mass is 10.0. The fourth-order valence-corrected chi connectivity index (χ4v) is 3.03. The molecule has 4 N–H and O–H groups in total. The predicted molar refractivity (Wildman–Crippen MR) is 123 cm³/mol. The van der Waals surface area contributed by atoms with Gasteiger partial charge in [0.2, 0.25) is 17.7 Å². The van der Waals surface area contributed by atoms with E-state index in [-0.39, 0.29) is 19.6 Å². The molecule has 0 saturated carbocycles. The van der Waals surface area contributed by atoms with E-state index in [1.807, 2.05) is 0 Å². The Bertz CT molecular complexity index is 868. The second kappa shape index (κ2) is 13.2. The Morgan fingerprint density at radius 2 is 1.71 bits per heavy atom. The van der Waals surface area contributed by atoms with Crippen LogP contribution in [0.1, 0.15) is 52.1 Å². The first-order valence-corrected chi connectivity index (χ1v) is 10.9. The van der Waals surface area contributed by atoms with Crippen LogP contribution in [-0.4, -0.2) is 66.5 Å². The molecule has 188 valence electrons. The maximum atomic E-state index is 13.3. The third kappa shape index (κ3) is 9.88. The zero-order valence-electron chi connectivity index (χ0n) is 20.3. The summed E-state index contributed by atoms with van der Waals surface area (Å²) in [7, 11) is 1.37. The fourth-order valence-electron chi connectivity index (χ4n) is 3.03. The van der Waals surface area contributed by atoms with Crippen LogP contribution in [0.5, 0.6) is 0 Å². The molecule has 0 aliphatic heterocycles. The lowest BCUT2D eigenvalue weighted by Gasteiger charge is -2.31. The summed E-state index contributed by atoms with van der Waals surface area (Å²) in [5, 5.41) is 4.98. The number of likely N-dealkylation sites (N-methyl/N-ethyl adjacent to an activating group) is 1. The van der Waals surface area contributed by atoms with Crippen LogP contribution in [0.25, 0.3) is 0 Å². The maximum Gasteiger partial charge on any atom is 0.408 e. The van der Waals surface area contributed by atoms with Crippen molar-refractivity contribution in [3.05, 3.63) is 35.9 Å². The van der Waals surface area contributed by atoms with Crippen molar-refractivity contribution in [1.82, 2.24) is 15.5 Å². The number of amides is 4. The van der Waals surface area contributed by atoms with Crippen LogP contribution in [0.15, 0.2) is 30.3 Å². The minimum absolute atomic E-state index is 0.00387. The minimum atomic E-state index is -1.35. The second-order valence-corrected chi connectivity index (χ2v) is 8.48. The maximum absolute atomic E-state index is 13.3. The summed E-state index contributed by atoms with van der Waals surface area (Å²) in [6.07, 6.45) is -1.44. The van der Waals surface area contributed by atoms with Gasteiger partial charge in [0.25, 0.3) is 0 Å². The summed E-state index contributed by atoms with van der Waals surface area (Å²) in [5.41, 5.74) is 4.93. The molecule has 0 aliphatic carbocycles. The van der Waals surface area contributed by atoms with Gasteiger partial charge in [-0.2, -0.15) is 0 Å². The van der Waals surface area contributed by atoms with Gasteiger partial charge in [-0.25, -0.2) is 4.79 Å². The number of hydrogen-bond acceptors (Lipinski definition) is 7. The van der Waals surface area contributed by atoms with Gasteiger partial charge in [0.1, 0.15) is 17.7 Å². The molecule has 0 heterocycles. The van der Waals surface area contributed by atoms with E-state index >= 15 is 0 Å². The molecule has 0 spiro atoms. The van der Waals surface area contributed by atoms with E-state index in [4.69, 9.17) is 15.2 Å². The van der Waals surface area contributed by atoms with Gasteiger partial charge in [0.05, 0.1) is 19.4 Å². The van der Waals surface area contributed by atoms with Crippen LogP contribution >= 0.6 is 0 Å². The number of esters is 1. The molecule has 11 nitrogen and oxygen atoms in total. The van der Waals surface area contributed by atoms with Gasteiger partial charge < -0.3 is 30.7 Å². The molecule has 0 aromatic heterocycles. The summed E-state index contributed by atoms with van der Waals surface area (Å²) in [4.78, 5) is 62.8. The second-order valence-electron chi connectivity index (χ2n) is 8.48. The summed E-state index contributed by atoms with van der Waals surface area (Å²) in [6.45, 7) is 6.85. The first kappa shape index (κ1) is 28.4. The number of nitrogens with one attached hydrogen (secondary N) is 2. The monoisotopic (exact) mass is 478 g/mol. The quantitative estimate of drug-likeness (QED) is 0.401. The molecule has 1 aromatic rings. The molecule has 4 amide bonds.